The third-order valence-corrected chi connectivity index (χ3v) is 3.39. The zero-order valence-electron chi connectivity index (χ0n) is 14.3. The van der Waals surface area contributed by atoms with Gasteiger partial charge in [-0.3, -0.25) is 14.4 Å². The summed E-state index contributed by atoms with van der Waals surface area (Å²) in [5, 5.41) is 0. The van der Waals surface area contributed by atoms with Crippen LogP contribution in [0.4, 0.5) is 0 Å². The maximum absolute atomic E-state index is 12.3. The molecule has 1 aliphatic rings. The normalized spacial score (nSPS) is 10.4. The number of fused-ring (bicyclic) bond motifs is 3. The first-order chi connectivity index (χ1) is 11.1. The smallest absolute Gasteiger partial charge is 0.194 e. The highest BCUT2D eigenvalue weighted by Gasteiger charge is 2.27. The summed E-state index contributed by atoms with van der Waals surface area (Å²) in [5.74, 6) is -0.197. The molecular formula is C20H22O3. The molecule has 0 aliphatic heterocycles. The molecule has 0 unspecified atom stereocenters. The Bertz CT molecular complexity index is 743. The summed E-state index contributed by atoms with van der Waals surface area (Å²) in [6.45, 7) is 9.47. The average molecular weight is 310 g/mol. The molecule has 3 heteroatoms. The van der Waals surface area contributed by atoms with Gasteiger partial charge in [0.2, 0.25) is 0 Å². The van der Waals surface area contributed by atoms with Crippen LogP contribution in [0.5, 0.6) is 0 Å². The second-order valence-electron chi connectivity index (χ2n) is 4.57. The summed E-state index contributed by atoms with van der Waals surface area (Å²) in [6.07, 6.45) is 0.720. The summed E-state index contributed by atoms with van der Waals surface area (Å²) in [7, 11) is 0. The van der Waals surface area contributed by atoms with Crippen molar-refractivity contribution in [3.05, 3.63) is 58.7 Å². The Morgan fingerprint density at radius 3 is 1.87 bits per heavy atom. The van der Waals surface area contributed by atoms with E-state index in [4.69, 9.17) is 0 Å². The lowest BCUT2D eigenvalue weighted by atomic mass is 10.0. The van der Waals surface area contributed by atoms with Crippen molar-refractivity contribution in [1.82, 2.24) is 0 Å². The number of carbonyl (C=O) groups is 3. The van der Waals surface area contributed by atoms with E-state index in [1.807, 2.05) is 27.7 Å². The number of Topliss-reactive ketones (excluding diaryl/α,β-unsaturated/α-hetero) is 1. The van der Waals surface area contributed by atoms with E-state index in [0.29, 0.717) is 22.3 Å². The van der Waals surface area contributed by atoms with Gasteiger partial charge in [-0.2, -0.15) is 0 Å². The van der Waals surface area contributed by atoms with Gasteiger partial charge in [0.15, 0.2) is 11.6 Å². The van der Waals surface area contributed by atoms with Crippen molar-refractivity contribution in [1.29, 1.82) is 0 Å². The van der Waals surface area contributed by atoms with Crippen molar-refractivity contribution in [2.45, 2.75) is 34.6 Å². The van der Waals surface area contributed by atoms with Gasteiger partial charge in [-0.1, -0.05) is 52.0 Å². The molecule has 2 aromatic carbocycles. The summed E-state index contributed by atoms with van der Waals surface area (Å²) in [4.78, 5) is 34.4. The Morgan fingerprint density at radius 2 is 1.35 bits per heavy atom. The molecule has 3 rings (SSSR count). The maximum atomic E-state index is 12.3. The molecule has 2 aromatic rings. The van der Waals surface area contributed by atoms with Crippen LogP contribution in [0.1, 0.15) is 71.3 Å². The monoisotopic (exact) mass is 310 g/mol. The van der Waals surface area contributed by atoms with Crippen LogP contribution in [0, 0.1) is 0 Å². The lowest BCUT2D eigenvalue weighted by molar-refractivity contribution is 0.101. The number of aldehydes is 1. The molecule has 0 amide bonds. The molecule has 120 valence electrons. The summed E-state index contributed by atoms with van der Waals surface area (Å²) in [6, 6.07) is 10.2. The van der Waals surface area contributed by atoms with Crippen LogP contribution < -0.4 is 0 Å². The average Bonchev–Trinajstić information content (AvgIpc) is 2.90. The minimum absolute atomic E-state index is 0.0693. The van der Waals surface area contributed by atoms with Gasteiger partial charge in [-0.05, 0) is 30.2 Å². The molecule has 0 spiro atoms. The van der Waals surface area contributed by atoms with E-state index < -0.39 is 0 Å². The first kappa shape index (κ1) is 18.5. The molecule has 0 aromatic heterocycles. The van der Waals surface area contributed by atoms with Crippen molar-refractivity contribution >= 4 is 17.9 Å². The minimum atomic E-state index is -0.128. The lowest BCUT2D eigenvalue weighted by Crippen LogP contribution is -1.99. The van der Waals surface area contributed by atoms with Gasteiger partial charge in [0.25, 0.3) is 0 Å². The molecule has 0 fully saturated rings. The number of rotatable bonds is 2. The lowest BCUT2D eigenvalue weighted by Gasteiger charge is -2.01. The number of hydrogen-bond donors (Lipinski definition) is 0. The molecule has 3 nitrogen and oxygen atoms in total. The van der Waals surface area contributed by atoms with Crippen molar-refractivity contribution in [3.8, 4) is 11.1 Å². The maximum Gasteiger partial charge on any atom is 0.194 e. The highest BCUT2D eigenvalue weighted by molar-refractivity contribution is 6.22. The van der Waals surface area contributed by atoms with Gasteiger partial charge >= 0.3 is 0 Å². The van der Waals surface area contributed by atoms with Crippen LogP contribution in [0.15, 0.2) is 36.4 Å². The Hall–Kier alpha value is -2.55. The zero-order valence-corrected chi connectivity index (χ0v) is 14.3. The van der Waals surface area contributed by atoms with Crippen LogP contribution in [0.2, 0.25) is 0 Å². The van der Waals surface area contributed by atoms with E-state index in [1.165, 1.54) is 6.92 Å². The van der Waals surface area contributed by atoms with Gasteiger partial charge in [-0.25, -0.2) is 0 Å². The van der Waals surface area contributed by atoms with Gasteiger partial charge in [0, 0.05) is 22.3 Å². The third kappa shape index (κ3) is 3.45. The Balaban J connectivity index is 0.000000615. The molecule has 1 aliphatic carbocycles. The van der Waals surface area contributed by atoms with E-state index >= 15 is 0 Å². The summed E-state index contributed by atoms with van der Waals surface area (Å²) >= 11 is 0. The Labute approximate surface area is 137 Å². The standard InChI is InChI=1S/C16H10O3.2C2H6/c1-9(18)11-3-5-13-12-4-2-10(8-17)6-14(12)16(19)15(13)7-11;2*1-2/h2-8H,1H3;2*1-2H3. The van der Waals surface area contributed by atoms with Gasteiger partial charge in [-0.15, -0.1) is 0 Å². The quantitative estimate of drug-likeness (QED) is 0.496. The van der Waals surface area contributed by atoms with Crippen LogP contribution in [0.25, 0.3) is 11.1 Å². The fourth-order valence-corrected chi connectivity index (χ4v) is 2.39. The van der Waals surface area contributed by atoms with Crippen molar-refractivity contribution < 1.29 is 14.4 Å². The molecule has 0 radical (unpaired) electrons. The van der Waals surface area contributed by atoms with E-state index in [9.17, 15) is 14.4 Å². The van der Waals surface area contributed by atoms with Gasteiger partial charge in [0.05, 0.1) is 0 Å². The van der Waals surface area contributed by atoms with E-state index in [1.54, 1.807) is 36.4 Å². The van der Waals surface area contributed by atoms with Crippen molar-refractivity contribution in [2.75, 3.05) is 0 Å². The first-order valence-electron chi connectivity index (χ1n) is 7.91. The molecule has 0 saturated carbocycles. The predicted molar refractivity (Wildman–Crippen MR) is 93.4 cm³/mol. The largest absolute Gasteiger partial charge is 0.298 e. The van der Waals surface area contributed by atoms with Gasteiger partial charge in [0.1, 0.15) is 6.29 Å². The fraction of sp³-hybridized carbons (Fsp3) is 0.250. The van der Waals surface area contributed by atoms with E-state index in [2.05, 4.69) is 0 Å². The van der Waals surface area contributed by atoms with E-state index in [0.717, 1.165) is 17.4 Å². The summed E-state index contributed by atoms with van der Waals surface area (Å²) < 4.78 is 0. The SMILES string of the molecule is CC.CC.CC(=O)c1ccc2c(c1)C(=O)c1cc(C=O)ccc1-2. The Morgan fingerprint density at radius 1 is 0.826 bits per heavy atom. The predicted octanol–water partition coefficient (Wildman–Crippen LogP) is 4.97. The van der Waals surface area contributed by atoms with Crippen LogP contribution >= 0.6 is 0 Å². The first-order valence-corrected chi connectivity index (χ1v) is 7.91. The van der Waals surface area contributed by atoms with Crippen molar-refractivity contribution in [3.63, 3.8) is 0 Å². The molecular weight excluding hydrogens is 288 g/mol. The molecule has 0 saturated heterocycles. The van der Waals surface area contributed by atoms with Crippen LogP contribution in [-0.2, 0) is 0 Å². The number of hydrogen-bond acceptors (Lipinski definition) is 3. The summed E-state index contributed by atoms with van der Waals surface area (Å²) in [5.41, 5.74) is 3.71. The topological polar surface area (TPSA) is 51.2 Å². The molecule has 23 heavy (non-hydrogen) atoms. The fourth-order valence-electron chi connectivity index (χ4n) is 2.39. The van der Waals surface area contributed by atoms with Crippen LogP contribution in [-0.4, -0.2) is 17.9 Å². The van der Waals surface area contributed by atoms with E-state index in [-0.39, 0.29) is 11.6 Å². The number of ketones is 2. The second kappa shape index (κ2) is 8.18. The number of carbonyl (C=O) groups excluding carboxylic acids is 3. The van der Waals surface area contributed by atoms with Gasteiger partial charge < -0.3 is 0 Å². The highest BCUT2D eigenvalue weighted by atomic mass is 16.1. The molecule has 0 heterocycles. The Kier molecular flexibility index (Phi) is 6.58. The van der Waals surface area contributed by atoms with Crippen LogP contribution in [0.3, 0.4) is 0 Å². The highest BCUT2D eigenvalue weighted by Crippen LogP contribution is 2.37. The second-order valence-corrected chi connectivity index (χ2v) is 4.57. The number of benzene rings is 2. The molecule has 0 N–H and O–H groups in total. The minimum Gasteiger partial charge on any atom is -0.298 e. The molecule has 0 bridgehead atoms. The van der Waals surface area contributed by atoms with Crippen molar-refractivity contribution in [2.24, 2.45) is 0 Å². The molecule has 0 atom stereocenters. The zero-order chi connectivity index (χ0) is 17.6. The third-order valence-electron chi connectivity index (χ3n) is 3.39.